The van der Waals surface area contributed by atoms with Gasteiger partial charge in [-0.1, -0.05) is 56.2 Å². The van der Waals surface area contributed by atoms with E-state index in [1.54, 1.807) is 6.07 Å². The van der Waals surface area contributed by atoms with Crippen molar-refractivity contribution in [1.29, 1.82) is 0 Å². The van der Waals surface area contributed by atoms with Crippen molar-refractivity contribution < 1.29 is 39.5 Å². The van der Waals surface area contributed by atoms with Gasteiger partial charge in [-0.3, -0.25) is 0 Å². The Bertz CT molecular complexity index is 372. The molecule has 0 aliphatic rings. The summed E-state index contributed by atoms with van der Waals surface area (Å²) in [6, 6.07) is 7.54. The van der Waals surface area contributed by atoms with Gasteiger partial charge >= 0.3 is 29.6 Å². The fraction of sp³-hybridized carbons (Fsp3) is 0.357. The molecule has 1 aromatic rings. The predicted octanol–water partition coefficient (Wildman–Crippen LogP) is -0.814. The fourth-order valence-electron chi connectivity index (χ4n) is 1.51. The Kier molecular flexibility index (Phi) is 9.14. The predicted molar refractivity (Wildman–Crippen MR) is 63.7 cm³/mol. The Morgan fingerprint density at radius 3 is 2.82 bits per heavy atom. The molecule has 0 saturated heterocycles. The number of carboxylic acid groups (broad SMARTS) is 1. The van der Waals surface area contributed by atoms with Crippen LogP contribution < -0.4 is 34.7 Å². The Labute approximate surface area is 125 Å². The molecule has 0 spiro atoms. The molecule has 0 amide bonds. The monoisotopic (exact) mass is 240 g/mol. The smallest absolute Gasteiger partial charge is 0.550 e. The molecular formula is C14H17NaO2. The molecular weight excluding hydrogens is 223 g/mol. The number of carboxylic acids is 1. The van der Waals surface area contributed by atoms with Crippen LogP contribution >= 0.6 is 0 Å². The third-order valence-corrected chi connectivity index (χ3v) is 2.33. The second-order valence-electron chi connectivity index (χ2n) is 3.84. The van der Waals surface area contributed by atoms with E-state index in [0.29, 0.717) is 0 Å². The molecule has 3 heteroatoms. The van der Waals surface area contributed by atoms with Crippen LogP contribution in [0.15, 0.2) is 30.3 Å². The molecule has 0 bridgehead atoms. The third-order valence-electron chi connectivity index (χ3n) is 2.33. The van der Waals surface area contributed by atoms with Crippen molar-refractivity contribution in [2.45, 2.75) is 32.6 Å². The van der Waals surface area contributed by atoms with Crippen LogP contribution in [-0.2, 0) is 11.2 Å². The van der Waals surface area contributed by atoms with Crippen molar-refractivity contribution in [3.05, 3.63) is 41.5 Å². The number of rotatable bonds is 6. The average molecular weight is 240 g/mol. The molecule has 0 aliphatic heterocycles. The van der Waals surface area contributed by atoms with E-state index < -0.39 is 5.97 Å². The molecule has 86 valence electrons. The minimum atomic E-state index is -1.04. The van der Waals surface area contributed by atoms with E-state index in [9.17, 15) is 9.90 Å². The first kappa shape index (κ1) is 16.4. The van der Waals surface area contributed by atoms with Crippen LogP contribution in [0.25, 0.3) is 6.08 Å². The Balaban J connectivity index is 0.00000256. The molecule has 0 atom stereocenters. The van der Waals surface area contributed by atoms with E-state index in [-0.39, 0.29) is 36.0 Å². The summed E-state index contributed by atoms with van der Waals surface area (Å²) in [6.07, 6.45) is 7.60. The number of carbonyl (C=O) groups is 1. The summed E-state index contributed by atoms with van der Waals surface area (Å²) in [5, 5.41) is 10.5. The number of hydrogen-bond acceptors (Lipinski definition) is 2. The molecule has 0 fully saturated rings. The molecule has 0 unspecified atom stereocenters. The number of hydrogen-bond donors (Lipinski definition) is 0. The second-order valence-corrected chi connectivity index (χ2v) is 3.84. The van der Waals surface area contributed by atoms with E-state index in [1.165, 1.54) is 12.8 Å². The maximum Gasteiger partial charge on any atom is 1.00 e. The Morgan fingerprint density at radius 2 is 2.18 bits per heavy atom. The van der Waals surface area contributed by atoms with Crippen molar-refractivity contribution in [1.82, 2.24) is 0 Å². The maximum atomic E-state index is 10.5. The number of allylic oxidation sites excluding steroid dienone is 1. The number of unbranched alkanes of at least 4 members (excludes halogenated alkanes) is 2. The molecule has 2 nitrogen and oxygen atoms in total. The zero-order valence-electron chi connectivity index (χ0n) is 10.6. The Morgan fingerprint density at radius 1 is 1.41 bits per heavy atom. The molecule has 0 heterocycles. The quantitative estimate of drug-likeness (QED) is 0.482. The van der Waals surface area contributed by atoms with E-state index >= 15 is 0 Å². The van der Waals surface area contributed by atoms with Gasteiger partial charge in [0, 0.05) is 12.4 Å². The summed E-state index contributed by atoms with van der Waals surface area (Å²) in [6.45, 7) is 2.16. The summed E-state index contributed by atoms with van der Waals surface area (Å²) in [7, 11) is 0. The molecule has 0 aliphatic carbocycles. The standard InChI is InChI=1S/C14H18O2.Na/c1-2-3-4-5-7-12-8-6-9-13(10-12)11-14(15)16;/h5-10H,2-4,11H2,1H3,(H,15,16);/q;+1/p-1/b7-5-;. The summed E-state index contributed by atoms with van der Waals surface area (Å²) in [5.74, 6) is -1.04. The van der Waals surface area contributed by atoms with Crippen molar-refractivity contribution in [3.8, 4) is 0 Å². The number of aliphatic carboxylic acids is 1. The van der Waals surface area contributed by atoms with Crippen LogP contribution in [-0.4, -0.2) is 5.97 Å². The SMILES string of the molecule is CCCC/C=C\c1cccc(CC(=O)[O-])c1.[Na+]. The first-order chi connectivity index (χ1) is 7.72. The zero-order valence-corrected chi connectivity index (χ0v) is 12.6. The van der Waals surface area contributed by atoms with Gasteiger partial charge in [0.15, 0.2) is 0 Å². The van der Waals surface area contributed by atoms with Crippen molar-refractivity contribution in [2.75, 3.05) is 0 Å². The maximum absolute atomic E-state index is 10.5. The van der Waals surface area contributed by atoms with Crippen LogP contribution in [0.2, 0.25) is 0 Å². The molecule has 0 saturated carbocycles. The van der Waals surface area contributed by atoms with E-state index in [1.807, 2.05) is 24.3 Å². The largest absolute Gasteiger partial charge is 1.00 e. The molecule has 1 aromatic carbocycles. The summed E-state index contributed by atoms with van der Waals surface area (Å²) < 4.78 is 0. The van der Waals surface area contributed by atoms with Gasteiger partial charge in [0.25, 0.3) is 0 Å². The number of carbonyl (C=O) groups excluding carboxylic acids is 1. The van der Waals surface area contributed by atoms with Gasteiger partial charge in [0.1, 0.15) is 0 Å². The minimum Gasteiger partial charge on any atom is -0.550 e. The van der Waals surface area contributed by atoms with Gasteiger partial charge in [0.05, 0.1) is 0 Å². The fourth-order valence-corrected chi connectivity index (χ4v) is 1.51. The van der Waals surface area contributed by atoms with Crippen LogP contribution in [0.3, 0.4) is 0 Å². The van der Waals surface area contributed by atoms with Crippen LogP contribution in [0.4, 0.5) is 0 Å². The van der Waals surface area contributed by atoms with Crippen LogP contribution in [0.1, 0.15) is 37.3 Å². The molecule has 0 N–H and O–H groups in total. The van der Waals surface area contributed by atoms with E-state index in [2.05, 4.69) is 13.0 Å². The second kappa shape index (κ2) is 9.46. The van der Waals surface area contributed by atoms with E-state index in [0.717, 1.165) is 17.5 Å². The van der Waals surface area contributed by atoms with Crippen molar-refractivity contribution in [2.24, 2.45) is 0 Å². The van der Waals surface area contributed by atoms with Gasteiger partial charge in [-0.15, -0.1) is 0 Å². The minimum absolute atomic E-state index is 0. The summed E-state index contributed by atoms with van der Waals surface area (Å²) in [5.41, 5.74) is 1.84. The topological polar surface area (TPSA) is 40.1 Å². The molecule has 17 heavy (non-hydrogen) atoms. The molecule has 0 radical (unpaired) electrons. The summed E-state index contributed by atoms with van der Waals surface area (Å²) in [4.78, 5) is 10.5. The van der Waals surface area contributed by atoms with Gasteiger partial charge in [-0.25, -0.2) is 0 Å². The first-order valence-corrected chi connectivity index (χ1v) is 5.67. The van der Waals surface area contributed by atoms with Gasteiger partial charge < -0.3 is 9.90 Å². The zero-order chi connectivity index (χ0) is 11.8. The molecule has 0 aromatic heterocycles. The number of benzene rings is 1. The molecule has 1 rings (SSSR count). The van der Waals surface area contributed by atoms with E-state index in [4.69, 9.17) is 0 Å². The van der Waals surface area contributed by atoms with Crippen molar-refractivity contribution >= 4 is 12.0 Å². The normalized spacial score (nSPS) is 10.2. The van der Waals surface area contributed by atoms with Gasteiger partial charge in [-0.2, -0.15) is 0 Å². The average Bonchev–Trinajstić information content (AvgIpc) is 2.24. The summed E-state index contributed by atoms with van der Waals surface area (Å²) >= 11 is 0. The van der Waals surface area contributed by atoms with Crippen LogP contribution in [0.5, 0.6) is 0 Å². The third kappa shape index (κ3) is 7.37. The van der Waals surface area contributed by atoms with Crippen LogP contribution in [0, 0.1) is 0 Å². The van der Waals surface area contributed by atoms with Gasteiger partial charge in [0.2, 0.25) is 0 Å². The first-order valence-electron chi connectivity index (χ1n) is 5.67. The van der Waals surface area contributed by atoms with Crippen molar-refractivity contribution in [3.63, 3.8) is 0 Å². The van der Waals surface area contributed by atoms with Gasteiger partial charge in [-0.05, 0) is 17.5 Å². The Hall–Kier alpha value is -0.570.